The molecule has 8 heteroatoms. The number of hydrogen-bond donors (Lipinski definition) is 2. The molecule has 2 amide bonds. The SMILES string of the molecule is O=C(CN1CCNCC1)CN(CCC(c1ccccc1)c1ccccc1)C(=O)Nc1ccc(Cl)c(Cl)c1. The minimum atomic E-state index is -0.341. The zero-order valence-corrected chi connectivity index (χ0v) is 22.2. The van der Waals surface area contributed by atoms with E-state index >= 15 is 0 Å². The van der Waals surface area contributed by atoms with Crippen molar-refractivity contribution in [1.82, 2.24) is 15.1 Å². The summed E-state index contributed by atoms with van der Waals surface area (Å²) in [7, 11) is 0. The summed E-state index contributed by atoms with van der Waals surface area (Å²) in [5.41, 5.74) is 2.87. The van der Waals surface area contributed by atoms with Crippen molar-refractivity contribution in [2.45, 2.75) is 12.3 Å². The number of nitrogens with one attached hydrogen (secondary N) is 2. The van der Waals surface area contributed by atoms with Gasteiger partial charge in [-0.2, -0.15) is 0 Å². The molecule has 6 nitrogen and oxygen atoms in total. The summed E-state index contributed by atoms with van der Waals surface area (Å²) in [5, 5.41) is 6.96. The Balaban J connectivity index is 1.50. The number of benzene rings is 3. The Morgan fingerprint density at radius 3 is 2.11 bits per heavy atom. The molecule has 0 spiro atoms. The monoisotopic (exact) mass is 538 g/mol. The minimum Gasteiger partial charge on any atom is -0.317 e. The summed E-state index contributed by atoms with van der Waals surface area (Å²) >= 11 is 12.2. The van der Waals surface area contributed by atoms with Crippen LogP contribution in [0.15, 0.2) is 78.9 Å². The maximum atomic E-state index is 13.4. The van der Waals surface area contributed by atoms with Gasteiger partial charge >= 0.3 is 6.03 Å². The highest BCUT2D eigenvalue weighted by atomic mass is 35.5. The van der Waals surface area contributed by atoms with Crippen LogP contribution in [0.1, 0.15) is 23.5 Å². The largest absolute Gasteiger partial charge is 0.322 e. The number of hydrogen-bond acceptors (Lipinski definition) is 4. The zero-order chi connectivity index (χ0) is 26.0. The Morgan fingerprint density at radius 2 is 1.51 bits per heavy atom. The molecular formula is C29H32Cl2N4O2. The molecule has 1 fully saturated rings. The molecule has 3 aromatic carbocycles. The molecule has 3 aromatic rings. The summed E-state index contributed by atoms with van der Waals surface area (Å²) in [6, 6.07) is 25.1. The van der Waals surface area contributed by atoms with Crippen LogP contribution in [0, 0.1) is 0 Å². The number of Topliss-reactive ketones (excluding diaryl/α,β-unsaturated/α-hetero) is 1. The van der Waals surface area contributed by atoms with Gasteiger partial charge < -0.3 is 15.5 Å². The molecular weight excluding hydrogens is 507 g/mol. The Morgan fingerprint density at radius 1 is 0.892 bits per heavy atom. The Labute approximate surface area is 228 Å². The molecule has 1 saturated heterocycles. The molecule has 37 heavy (non-hydrogen) atoms. The molecule has 1 aliphatic heterocycles. The third-order valence-electron chi connectivity index (χ3n) is 6.53. The van der Waals surface area contributed by atoms with E-state index in [1.807, 2.05) is 36.4 Å². The molecule has 2 N–H and O–H groups in total. The summed E-state index contributed by atoms with van der Waals surface area (Å²) < 4.78 is 0. The number of anilines is 1. The molecule has 0 aliphatic carbocycles. The van der Waals surface area contributed by atoms with Gasteiger partial charge in [0.25, 0.3) is 0 Å². The smallest absolute Gasteiger partial charge is 0.317 e. The van der Waals surface area contributed by atoms with Crippen molar-refractivity contribution in [1.29, 1.82) is 0 Å². The lowest BCUT2D eigenvalue weighted by Gasteiger charge is -2.29. The third kappa shape index (κ3) is 8.04. The van der Waals surface area contributed by atoms with Gasteiger partial charge in [0.15, 0.2) is 5.78 Å². The van der Waals surface area contributed by atoms with E-state index in [1.165, 1.54) is 11.1 Å². The van der Waals surface area contributed by atoms with Crippen LogP contribution >= 0.6 is 23.2 Å². The van der Waals surface area contributed by atoms with Gasteiger partial charge in [-0.15, -0.1) is 0 Å². The summed E-state index contributed by atoms with van der Waals surface area (Å²) in [6.45, 7) is 4.16. The van der Waals surface area contributed by atoms with Crippen molar-refractivity contribution in [3.05, 3.63) is 100 Å². The second kappa shape index (κ2) is 13.6. The average molecular weight is 540 g/mol. The van der Waals surface area contributed by atoms with Gasteiger partial charge in [-0.3, -0.25) is 9.69 Å². The van der Waals surface area contributed by atoms with Crippen molar-refractivity contribution in [2.24, 2.45) is 0 Å². The highest BCUT2D eigenvalue weighted by Crippen LogP contribution is 2.29. The van der Waals surface area contributed by atoms with E-state index in [-0.39, 0.29) is 24.3 Å². The number of carbonyl (C=O) groups excluding carboxylic acids is 2. The molecule has 1 heterocycles. The lowest BCUT2D eigenvalue weighted by molar-refractivity contribution is -0.120. The number of ketones is 1. The second-order valence-electron chi connectivity index (χ2n) is 9.21. The van der Waals surface area contributed by atoms with Crippen molar-refractivity contribution in [3.63, 3.8) is 0 Å². The Bertz CT molecular complexity index is 1130. The first kappa shape index (κ1) is 27.1. The quantitative estimate of drug-likeness (QED) is 0.356. The minimum absolute atomic E-state index is 0.0159. The normalized spacial score (nSPS) is 13.9. The molecule has 0 saturated carbocycles. The third-order valence-corrected chi connectivity index (χ3v) is 7.27. The number of amides is 2. The van der Waals surface area contributed by atoms with Gasteiger partial charge in [-0.05, 0) is 35.7 Å². The molecule has 194 valence electrons. The van der Waals surface area contributed by atoms with E-state index in [0.29, 0.717) is 35.2 Å². The van der Waals surface area contributed by atoms with Gasteiger partial charge in [-0.25, -0.2) is 4.79 Å². The van der Waals surface area contributed by atoms with Crippen LogP contribution in [0.3, 0.4) is 0 Å². The maximum absolute atomic E-state index is 13.4. The first-order valence-corrected chi connectivity index (χ1v) is 13.3. The summed E-state index contributed by atoms with van der Waals surface area (Å²) in [4.78, 5) is 30.2. The van der Waals surface area contributed by atoms with Crippen LogP contribution in [0.25, 0.3) is 0 Å². The van der Waals surface area contributed by atoms with Crippen LogP contribution in [-0.2, 0) is 4.79 Å². The Hall–Kier alpha value is -2.90. The highest BCUT2D eigenvalue weighted by Gasteiger charge is 2.23. The van der Waals surface area contributed by atoms with E-state index < -0.39 is 0 Å². The Kier molecular flexibility index (Phi) is 9.97. The molecule has 4 rings (SSSR count). The molecule has 0 aromatic heterocycles. The summed E-state index contributed by atoms with van der Waals surface area (Å²) in [5.74, 6) is 0.105. The summed E-state index contributed by atoms with van der Waals surface area (Å²) in [6.07, 6.45) is 0.670. The van der Waals surface area contributed by atoms with Crippen LogP contribution in [-0.4, -0.2) is 67.4 Å². The van der Waals surface area contributed by atoms with Gasteiger partial charge in [0.1, 0.15) is 0 Å². The van der Waals surface area contributed by atoms with E-state index in [1.54, 1.807) is 23.1 Å². The van der Waals surface area contributed by atoms with Crippen LogP contribution in [0.4, 0.5) is 10.5 Å². The average Bonchev–Trinajstić information content (AvgIpc) is 2.92. The van der Waals surface area contributed by atoms with Crippen LogP contribution in [0.2, 0.25) is 10.0 Å². The van der Waals surface area contributed by atoms with E-state index in [4.69, 9.17) is 23.2 Å². The number of halogens is 2. The molecule has 1 aliphatic rings. The zero-order valence-electron chi connectivity index (χ0n) is 20.7. The van der Waals surface area contributed by atoms with Crippen molar-refractivity contribution in [2.75, 3.05) is 51.1 Å². The van der Waals surface area contributed by atoms with Crippen LogP contribution < -0.4 is 10.6 Å². The van der Waals surface area contributed by atoms with E-state index in [0.717, 1.165) is 26.2 Å². The number of carbonyl (C=O) groups is 2. The van der Waals surface area contributed by atoms with Crippen molar-refractivity contribution >= 4 is 40.7 Å². The standard InChI is InChI=1S/C29H32Cl2N4O2/c30-27-12-11-24(19-28(27)31)33-29(37)35(21-25(36)20-34-17-14-32-15-18-34)16-13-26(22-7-3-1-4-8-22)23-9-5-2-6-10-23/h1-12,19,26,32H,13-18,20-21H2,(H,33,37). The topological polar surface area (TPSA) is 64.7 Å². The first-order chi connectivity index (χ1) is 18.0. The fourth-order valence-corrected chi connectivity index (χ4v) is 4.89. The fourth-order valence-electron chi connectivity index (χ4n) is 4.59. The number of nitrogens with zero attached hydrogens (tertiary/aromatic N) is 2. The number of piperazine rings is 1. The predicted molar refractivity (Wildman–Crippen MR) is 151 cm³/mol. The number of urea groups is 1. The highest BCUT2D eigenvalue weighted by molar-refractivity contribution is 6.42. The first-order valence-electron chi connectivity index (χ1n) is 12.6. The van der Waals surface area contributed by atoms with E-state index in [2.05, 4.69) is 39.8 Å². The second-order valence-corrected chi connectivity index (χ2v) is 10.0. The number of rotatable bonds is 10. The van der Waals surface area contributed by atoms with Gasteiger partial charge in [-0.1, -0.05) is 83.9 Å². The lowest BCUT2D eigenvalue weighted by atomic mass is 9.88. The maximum Gasteiger partial charge on any atom is 0.322 e. The van der Waals surface area contributed by atoms with E-state index in [9.17, 15) is 9.59 Å². The van der Waals surface area contributed by atoms with Gasteiger partial charge in [0, 0.05) is 44.3 Å². The predicted octanol–water partition coefficient (Wildman–Crippen LogP) is 5.52. The van der Waals surface area contributed by atoms with Gasteiger partial charge in [0.05, 0.1) is 23.1 Å². The lowest BCUT2D eigenvalue weighted by Crippen LogP contribution is -2.48. The molecule has 0 atom stereocenters. The molecule has 0 radical (unpaired) electrons. The van der Waals surface area contributed by atoms with Crippen LogP contribution in [0.5, 0.6) is 0 Å². The fraction of sp³-hybridized carbons (Fsp3) is 0.310. The van der Waals surface area contributed by atoms with Gasteiger partial charge in [0.2, 0.25) is 0 Å². The molecule has 0 bridgehead atoms. The molecule has 0 unspecified atom stereocenters. The van der Waals surface area contributed by atoms with Crippen molar-refractivity contribution in [3.8, 4) is 0 Å². The van der Waals surface area contributed by atoms with Crippen molar-refractivity contribution < 1.29 is 9.59 Å².